The van der Waals surface area contributed by atoms with Gasteiger partial charge in [-0.1, -0.05) is 17.3 Å². The lowest BCUT2D eigenvalue weighted by Crippen LogP contribution is -2.52. The molecule has 0 spiro atoms. The summed E-state index contributed by atoms with van der Waals surface area (Å²) in [7, 11) is 0. The molecule has 3 aromatic rings. The minimum absolute atomic E-state index is 0.123. The van der Waals surface area contributed by atoms with Gasteiger partial charge in [0.1, 0.15) is 0 Å². The Balaban J connectivity index is 1.41. The molecule has 4 heterocycles. The zero-order chi connectivity index (χ0) is 25.3. The number of aryl methyl sites for hydroxylation is 1. The SMILES string of the molecule is Cc1ccc(-c2noc(C3CC(c4ccc(C(F)(F)F)cc4)CN(C(=O)N4CCOCC4)C3)n2)cn1. The number of likely N-dealkylation sites (tertiary alicyclic amines) is 1. The second kappa shape index (κ2) is 9.88. The first kappa shape index (κ1) is 24.2. The van der Waals surface area contributed by atoms with Crippen molar-refractivity contribution in [2.24, 2.45) is 0 Å². The number of hydrogen-bond donors (Lipinski definition) is 0. The molecule has 190 valence electrons. The van der Waals surface area contributed by atoms with Crippen molar-refractivity contribution in [3.8, 4) is 11.4 Å². The molecule has 8 nitrogen and oxygen atoms in total. The molecule has 5 rings (SSSR count). The number of halogens is 3. The molecule has 0 bridgehead atoms. The van der Waals surface area contributed by atoms with Gasteiger partial charge in [0, 0.05) is 49.6 Å². The van der Waals surface area contributed by atoms with Gasteiger partial charge in [0.2, 0.25) is 11.7 Å². The number of morpholine rings is 1. The van der Waals surface area contributed by atoms with Gasteiger partial charge >= 0.3 is 12.2 Å². The molecule has 2 atom stereocenters. The zero-order valence-electron chi connectivity index (χ0n) is 19.7. The maximum absolute atomic E-state index is 13.3. The largest absolute Gasteiger partial charge is 0.416 e. The van der Waals surface area contributed by atoms with E-state index in [4.69, 9.17) is 9.26 Å². The number of carbonyl (C=O) groups is 1. The van der Waals surface area contributed by atoms with Gasteiger partial charge in [-0.2, -0.15) is 18.2 Å². The van der Waals surface area contributed by atoms with Crippen LogP contribution >= 0.6 is 0 Å². The second-order valence-corrected chi connectivity index (χ2v) is 9.18. The standard InChI is InChI=1S/C25H26F3N5O3/c1-16-2-3-18(13-29-16)22-30-23(36-31-22)20-12-19(17-4-6-21(7-5-17)25(26,27)28)14-33(15-20)24(34)32-8-10-35-11-9-32/h2-7,13,19-20H,8-12,14-15H2,1H3. The lowest BCUT2D eigenvalue weighted by Gasteiger charge is -2.40. The van der Waals surface area contributed by atoms with Gasteiger partial charge < -0.3 is 19.1 Å². The lowest BCUT2D eigenvalue weighted by molar-refractivity contribution is -0.137. The zero-order valence-corrected chi connectivity index (χ0v) is 19.7. The molecule has 2 amide bonds. The normalized spacial score (nSPS) is 21.0. The summed E-state index contributed by atoms with van der Waals surface area (Å²) in [6.45, 7) is 4.59. The molecular weight excluding hydrogens is 475 g/mol. The van der Waals surface area contributed by atoms with E-state index in [1.165, 1.54) is 12.1 Å². The molecule has 11 heteroatoms. The Kier molecular flexibility index (Phi) is 6.65. The molecule has 36 heavy (non-hydrogen) atoms. The van der Waals surface area contributed by atoms with Crippen LogP contribution in [0.1, 0.15) is 41.0 Å². The van der Waals surface area contributed by atoms with E-state index in [-0.39, 0.29) is 17.9 Å². The maximum Gasteiger partial charge on any atom is 0.416 e. The third-order valence-corrected chi connectivity index (χ3v) is 6.67. The van der Waals surface area contributed by atoms with Crippen molar-refractivity contribution in [2.45, 2.75) is 31.4 Å². The van der Waals surface area contributed by atoms with Crippen LogP contribution in [0.3, 0.4) is 0 Å². The van der Waals surface area contributed by atoms with Crippen molar-refractivity contribution in [1.29, 1.82) is 0 Å². The number of benzene rings is 1. The smallest absolute Gasteiger partial charge is 0.378 e. The molecule has 2 aliphatic heterocycles. The number of aromatic nitrogens is 3. The van der Waals surface area contributed by atoms with Crippen molar-refractivity contribution < 1.29 is 27.2 Å². The molecule has 2 fully saturated rings. The van der Waals surface area contributed by atoms with E-state index < -0.39 is 11.7 Å². The highest BCUT2D eigenvalue weighted by Crippen LogP contribution is 2.37. The molecule has 0 N–H and O–H groups in total. The van der Waals surface area contributed by atoms with Gasteiger partial charge in [-0.05, 0) is 43.2 Å². The molecule has 0 radical (unpaired) electrons. The van der Waals surface area contributed by atoms with Crippen LogP contribution < -0.4 is 0 Å². The quantitative estimate of drug-likeness (QED) is 0.526. The van der Waals surface area contributed by atoms with Crippen LogP contribution in [0.15, 0.2) is 47.1 Å². The second-order valence-electron chi connectivity index (χ2n) is 9.18. The summed E-state index contributed by atoms with van der Waals surface area (Å²) in [4.78, 5) is 25.6. The van der Waals surface area contributed by atoms with Crippen LogP contribution in [-0.4, -0.2) is 70.3 Å². The van der Waals surface area contributed by atoms with Crippen LogP contribution in [-0.2, 0) is 10.9 Å². The Morgan fingerprint density at radius 2 is 1.72 bits per heavy atom. The highest BCUT2D eigenvalue weighted by atomic mass is 19.4. The van der Waals surface area contributed by atoms with E-state index in [0.717, 1.165) is 23.4 Å². The number of piperidine rings is 1. The van der Waals surface area contributed by atoms with Crippen LogP contribution in [0.2, 0.25) is 0 Å². The van der Waals surface area contributed by atoms with E-state index >= 15 is 0 Å². The summed E-state index contributed by atoms with van der Waals surface area (Å²) >= 11 is 0. The van der Waals surface area contributed by atoms with Gasteiger partial charge in [-0.15, -0.1) is 0 Å². The van der Waals surface area contributed by atoms with E-state index in [1.807, 2.05) is 19.1 Å². The molecule has 2 aliphatic rings. The predicted molar refractivity (Wildman–Crippen MR) is 123 cm³/mol. The fourth-order valence-electron chi connectivity index (χ4n) is 4.69. The Labute approximate surface area is 206 Å². The number of urea groups is 1. The van der Waals surface area contributed by atoms with Crippen LogP contribution in [0, 0.1) is 6.92 Å². The minimum atomic E-state index is -4.41. The first-order valence-electron chi connectivity index (χ1n) is 11.8. The van der Waals surface area contributed by atoms with E-state index in [2.05, 4.69) is 15.1 Å². The van der Waals surface area contributed by atoms with Gasteiger partial charge in [0.25, 0.3) is 0 Å². The summed E-state index contributed by atoms with van der Waals surface area (Å²) in [6.07, 6.45) is -2.17. The summed E-state index contributed by atoms with van der Waals surface area (Å²) < 4.78 is 50.2. The van der Waals surface area contributed by atoms with E-state index in [0.29, 0.717) is 63.1 Å². The third kappa shape index (κ3) is 5.20. The van der Waals surface area contributed by atoms with Gasteiger partial charge in [-0.25, -0.2) is 4.79 Å². The number of rotatable bonds is 3. The highest BCUT2D eigenvalue weighted by Gasteiger charge is 2.37. The van der Waals surface area contributed by atoms with Gasteiger partial charge in [0.05, 0.1) is 24.7 Å². The van der Waals surface area contributed by atoms with Crippen molar-refractivity contribution >= 4 is 6.03 Å². The molecule has 2 aromatic heterocycles. The summed E-state index contributed by atoms with van der Waals surface area (Å²) in [5.74, 6) is 0.338. The molecule has 2 unspecified atom stereocenters. The van der Waals surface area contributed by atoms with Crippen molar-refractivity contribution in [2.75, 3.05) is 39.4 Å². The first-order valence-corrected chi connectivity index (χ1v) is 11.8. The fourth-order valence-corrected chi connectivity index (χ4v) is 4.69. The van der Waals surface area contributed by atoms with Gasteiger partial charge in [-0.3, -0.25) is 4.98 Å². The minimum Gasteiger partial charge on any atom is -0.378 e. The molecule has 2 saturated heterocycles. The van der Waals surface area contributed by atoms with Crippen LogP contribution in [0.5, 0.6) is 0 Å². The molecular formula is C25H26F3N5O3. The Hall–Kier alpha value is -3.47. The van der Waals surface area contributed by atoms with Gasteiger partial charge in [0.15, 0.2) is 0 Å². The monoisotopic (exact) mass is 501 g/mol. The highest BCUT2D eigenvalue weighted by molar-refractivity contribution is 5.75. The Morgan fingerprint density at radius 1 is 1.00 bits per heavy atom. The summed E-state index contributed by atoms with van der Waals surface area (Å²) in [5.41, 5.74) is 1.61. The molecule has 0 saturated carbocycles. The van der Waals surface area contributed by atoms with E-state index in [9.17, 15) is 18.0 Å². The molecule has 0 aliphatic carbocycles. The fraction of sp³-hybridized carbons (Fsp3) is 0.440. The van der Waals surface area contributed by atoms with E-state index in [1.54, 1.807) is 16.0 Å². The number of nitrogens with zero attached hydrogens (tertiary/aromatic N) is 5. The number of alkyl halides is 3. The predicted octanol–water partition coefficient (Wildman–Crippen LogP) is 4.48. The summed E-state index contributed by atoms with van der Waals surface area (Å²) in [5, 5.41) is 4.11. The average molecular weight is 502 g/mol. The number of pyridine rings is 1. The number of hydrogen-bond acceptors (Lipinski definition) is 6. The molecule has 1 aromatic carbocycles. The van der Waals surface area contributed by atoms with Crippen LogP contribution in [0.4, 0.5) is 18.0 Å². The summed E-state index contributed by atoms with van der Waals surface area (Å²) in [6, 6.07) is 8.74. The Morgan fingerprint density at radius 3 is 2.39 bits per heavy atom. The number of amides is 2. The van der Waals surface area contributed by atoms with Crippen molar-refractivity contribution in [3.05, 3.63) is 65.3 Å². The number of carbonyl (C=O) groups excluding carboxylic acids is 1. The maximum atomic E-state index is 13.3. The topological polar surface area (TPSA) is 84.6 Å². The average Bonchev–Trinajstić information content (AvgIpc) is 3.39. The van der Waals surface area contributed by atoms with Crippen molar-refractivity contribution in [3.63, 3.8) is 0 Å². The number of ether oxygens (including phenoxy) is 1. The Bertz CT molecular complexity index is 1190. The van der Waals surface area contributed by atoms with Crippen molar-refractivity contribution in [1.82, 2.24) is 24.9 Å². The lowest BCUT2D eigenvalue weighted by atomic mass is 9.84. The third-order valence-electron chi connectivity index (χ3n) is 6.67. The van der Waals surface area contributed by atoms with Crippen LogP contribution in [0.25, 0.3) is 11.4 Å². The first-order chi connectivity index (χ1) is 17.3.